The molecular formula is C9H7F3O3. The normalized spacial score (nSPS) is 10.2. The number of aliphatic hydroxyl groups excluding tert-OH is 1. The van der Waals surface area contributed by atoms with Crippen LogP contribution in [-0.2, 0) is 11.3 Å². The molecule has 3 nitrogen and oxygen atoms in total. The van der Waals surface area contributed by atoms with Crippen LogP contribution in [0.2, 0.25) is 0 Å². The summed E-state index contributed by atoms with van der Waals surface area (Å²) in [5.41, 5.74) is -1.64. The monoisotopic (exact) mass is 220 g/mol. The second-order valence-corrected chi connectivity index (χ2v) is 2.66. The summed E-state index contributed by atoms with van der Waals surface area (Å²) in [6, 6.07) is 0.385. The average molecular weight is 220 g/mol. The smallest absolute Gasteiger partial charge is 0.340 e. The van der Waals surface area contributed by atoms with E-state index < -0.39 is 41.2 Å². The van der Waals surface area contributed by atoms with Gasteiger partial charge in [0.05, 0.1) is 24.8 Å². The number of carbonyl (C=O) groups is 1. The molecule has 0 aliphatic heterocycles. The molecule has 0 radical (unpaired) electrons. The molecule has 1 N–H and O–H groups in total. The maximum absolute atomic E-state index is 13.3. The third-order valence-corrected chi connectivity index (χ3v) is 1.81. The predicted molar refractivity (Wildman–Crippen MR) is 43.6 cm³/mol. The molecule has 0 bridgehead atoms. The van der Waals surface area contributed by atoms with Crippen molar-refractivity contribution in [1.29, 1.82) is 0 Å². The van der Waals surface area contributed by atoms with Crippen LogP contribution in [-0.4, -0.2) is 18.2 Å². The van der Waals surface area contributed by atoms with Crippen LogP contribution in [0.3, 0.4) is 0 Å². The lowest BCUT2D eigenvalue weighted by Crippen LogP contribution is -2.10. The fourth-order valence-corrected chi connectivity index (χ4v) is 1.05. The molecule has 0 spiro atoms. The van der Waals surface area contributed by atoms with Gasteiger partial charge < -0.3 is 9.84 Å². The van der Waals surface area contributed by atoms with Crippen molar-refractivity contribution in [3.8, 4) is 0 Å². The number of ether oxygens (including phenoxy) is 1. The van der Waals surface area contributed by atoms with Crippen LogP contribution >= 0.6 is 0 Å². The number of benzene rings is 1. The molecule has 0 aliphatic rings. The fraction of sp³-hybridized carbons (Fsp3) is 0.222. The third-order valence-electron chi connectivity index (χ3n) is 1.81. The van der Waals surface area contributed by atoms with Crippen LogP contribution in [0.1, 0.15) is 15.9 Å². The highest BCUT2D eigenvalue weighted by molar-refractivity contribution is 5.89. The fourth-order valence-electron chi connectivity index (χ4n) is 1.05. The van der Waals surface area contributed by atoms with Crippen molar-refractivity contribution in [3.05, 3.63) is 34.6 Å². The summed E-state index contributed by atoms with van der Waals surface area (Å²) < 4.78 is 43.2. The minimum absolute atomic E-state index is 0.385. The van der Waals surface area contributed by atoms with Gasteiger partial charge in [-0.25, -0.2) is 18.0 Å². The summed E-state index contributed by atoms with van der Waals surface area (Å²) in [7, 11) is 0.974. The van der Waals surface area contributed by atoms with E-state index in [-0.39, 0.29) is 0 Å². The van der Waals surface area contributed by atoms with Gasteiger partial charge in [-0.05, 0) is 6.07 Å². The molecule has 1 aromatic carbocycles. The number of esters is 1. The highest BCUT2D eigenvalue weighted by Gasteiger charge is 2.22. The summed E-state index contributed by atoms with van der Waals surface area (Å²) >= 11 is 0. The van der Waals surface area contributed by atoms with Gasteiger partial charge in [0.15, 0.2) is 11.6 Å². The van der Waals surface area contributed by atoms with E-state index in [4.69, 9.17) is 5.11 Å². The van der Waals surface area contributed by atoms with Gasteiger partial charge in [-0.2, -0.15) is 0 Å². The molecule has 0 aliphatic carbocycles. The zero-order valence-electron chi connectivity index (χ0n) is 7.68. The van der Waals surface area contributed by atoms with Gasteiger partial charge in [-0.15, -0.1) is 0 Å². The van der Waals surface area contributed by atoms with Crippen LogP contribution in [0.25, 0.3) is 0 Å². The van der Waals surface area contributed by atoms with Gasteiger partial charge in [0.25, 0.3) is 0 Å². The molecule has 6 heteroatoms. The standard InChI is InChI=1S/C9H7F3O3/c1-15-9(14)4-2-6(10)8(12)5(3-13)7(4)11/h2,13H,3H2,1H3. The number of hydrogen-bond donors (Lipinski definition) is 1. The van der Waals surface area contributed by atoms with Crippen LogP contribution in [0.15, 0.2) is 6.07 Å². The van der Waals surface area contributed by atoms with Crippen molar-refractivity contribution in [3.63, 3.8) is 0 Å². The first-order valence-corrected chi connectivity index (χ1v) is 3.88. The van der Waals surface area contributed by atoms with E-state index in [9.17, 15) is 18.0 Å². The first-order valence-electron chi connectivity index (χ1n) is 3.88. The quantitative estimate of drug-likeness (QED) is 0.605. The van der Waals surface area contributed by atoms with Crippen molar-refractivity contribution < 1.29 is 27.8 Å². The van der Waals surface area contributed by atoms with Crippen molar-refractivity contribution in [2.75, 3.05) is 7.11 Å². The molecule has 0 unspecified atom stereocenters. The first-order chi connectivity index (χ1) is 7.02. The lowest BCUT2D eigenvalue weighted by atomic mass is 10.1. The van der Waals surface area contributed by atoms with Crippen molar-refractivity contribution in [1.82, 2.24) is 0 Å². The highest BCUT2D eigenvalue weighted by atomic mass is 19.2. The third kappa shape index (κ3) is 1.94. The van der Waals surface area contributed by atoms with Gasteiger partial charge in [-0.3, -0.25) is 0 Å². The Hall–Kier alpha value is -1.56. The lowest BCUT2D eigenvalue weighted by molar-refractivity contribution is 0.0594. The topological polar surface area (TPSA) is 46.5 Å². The van der Waals surface area contributed by atoms with Crippen LogP contribution in [0.5, 0.6) is 0 Å². The van der Waals surface area contributed by atoms with E-state index >= 15 is 0 Å². The number of hydrogen-bond acceptors (Lipinski definition) is 3. The van der Waals surface area contributed by atoms with E-state index in [1.54, 1.807) is 0 Å². The molecule has 15 heavy (non-hydrogen) atoms. The number of aliphatic hydroxyl groups is 1. The molecule has 82 valence electrons. The minimum atomic E-state index is -1.51. The van der Waals surface area contributed by atoms with Crippen LogP contribution < -0.4 is 0 Å². The first kappa shape index (κ1) is 11.5. The molecule has 0 saturated carbocycles. The van der Waals surface area contributed by atoms with E-state index in [0.29, 0.717) is 6.07 Å². The second kappa shape index (κ2) is 4.31. The van der Waals surface area contributed by atoms with Crippen LogP contribution in [0.4, 0.5) is 13.2 Å². The number of methoxy groups -OCH3 is 1. The predicted octanol–water partition coefficient (Wildman–Crippen LogP) is 1.38. The summed E-state index contributed by atoms with van der Waals surface area (Å²) in [6.45, 7) is -1.04. The lowest BCUT2D eigenvalue weighted by Gasteiger charge is -2.06. The molecule has 0 amide bonds. The van der Waals surface area contributed by atoms with E-state index in [1.807, 2.05) is 0 Å². The Morgan fingerprint density at radius 3 is 2.47 bits per heavy atom. The summed E-state index contributed by atoms with van der Waals surface area (Å²) in [6.07, 6.45) is 0. The molecule has 1 aromatic rings. The van der Waals surface area contributed by atoms with E-state index in [2.05, 4.69) is 4.74 Å². The molecule has 0 aromatic heterocycles. The van der Waals surface area contributed by atoms with Crippen molar-refractivity contribution >= 4 is 5.97 Å². The molecular weight excluding hydrogens is 213 g/mol. The van der Waals surface area contributed by atoms with Gasteiger partial charge in [0, 0.05) is 0 Å². The number of rotatable bonds is 2. The molecule has 1 rings (SSSR count). The number of halogens is 3. The zero-order valence-corrected chi connectivity index (χ0v) is 7.68. The summed E-state index contributed by atoms with van der Waals surface area (Å²) in [5.74, 6) is -5.38. The van der Waals surface area contributed by atoms with Gasteiger partial charge in [-0.1, -0.05) is 0 Å². The molecule has 0 atom stereocenters. The van der Waals surface area contributed by atoms with Gasteiger partial charge in [0.1, 0.15) is 5.82 Å². The van der Waals surface area contributed by atoms with Crippen LogP contribution in [0, 0.1) is 17.5 Å². The zero-order chi connectivity index (χ0) is 11.6. The summed E-state index contributed by atoms with van der Waals surface area (Å²) in [4.78, 5) is 10.9. The Balaban J connectivity index is 3.43. The Morgan fingerprint density at radius 2 is 2.00 bits per heavy atom. The Bertz CT molecular complexity index is 404. The van der Waals surface area contributed by atoms with E-state index in [0.717, 1.165) is 7.11 Å². The average Bonchev–Trinajstić information content (AvgIpc) is 2.23. The molecule has 0 saturated heterocycles. The number of carbonyl (C=O) groups excluding carboxylic acids is 1. The highest BCUT2D eigenvalue weighted by Crippen LogP contribution is 2.20. The van der Waals surface area contributed by atoms with Gasteiger partial charge >= 0.3 is 5.97 Å². The maximum Gasteiger partial charge on any atom is 0.340 e. The van der Waals surface area contributed by atoms with E-state index in [1.165, 1.54) is 0 Å². The second-order valence-electron chi connectivity index (χ2n) is 2.66. The van der Waals surface area contributed by atoms with Crippen molar-refractivity contribution in [2.24, 2.45) is 0 Å². The van der Waals surface area contributed by atoms with Crippen molar-refractivity contribution in [2.45, 2.75) is 6.61 Å². The maximum atomic E-state index is 13.3. The Labute approximate surface area is 83.1 Å². The Kier molecular flexibility index (Phi) is 3.31. The SMILES string of the molecule is COC(=O)c1cc(F)c(F)c(CO)c1F. The molecule has 0 fully saturated rings. The largest absolute Gasteiger partial charge is 0.465 e. The van der Waals surface area contributed by atoms with Gasteiger partial charge in [0.2, 0.25) is 0 Å². The Morgan fingerprint density at radius 1 is 1.40 bits per heavy atom. The molecule has 0 heterocycles. The summed E-state index contributed by atoms with van der Waals surface area (Å²) in [5, 5.41) is 8.60. The minimum Gasteiger partial charge on any atom is -0.465 e.